The highest BCUT2D eigenvalue weighted by atomic mass is 32.2. The maximum Gasteiger partial charge on any atom is 0.296 e. The van der Waals surface area contributed by atoms with Gasteiger partial charge in [-0.2, -0.15) is 16.8 Å². The van der Waals surface area contributed by atoms with Crippen LogP contribution in [0.3, 0.4) is 0 Å². The Kier molecular flexibility index (Phi) is 5.02. The van der Waals surface area contributed by atoms with Gasteiger partial charge in [0.1, 0.15) is 9.79 Å². The van der Waals surface area contributed by atoms with Gasteiger partial charge < -0.3 is 11.5 Å². The molecule has 7 aromatic rings. The fraction of sp³-hybridized carbons (Fsp3) is 0.0667. The summed E-state index contributed by atoms with van der Waals surface area (Å²) in [5, 5.41) is 2.45. The highest BCUT2D eigenvalue weighted by molar-refractivity contribution is 7.86. The normalized spacial score (nSPS) is 13.0. The van der Waals surface area contributed by atoms with Gasteiger partial charge >= 0.3 is 0 Å². The van der Waals surface area contributed by atoms with Gasteiger partial charge in [-0.3, -0.25) is 18.7 Å². The molecular weight excluding hydrogens is 580 g/mol. The summed E-state index contributed by atoms with van der Waals surface area (Å²) in [5.74, 6) is 0. The van der Waals surface area contributed by atoms with Crippen LogP contribution in [0.25, 0.3) is 64.6 Å². The molecule has 0 heterocycles. The third-order valence-electron chi connectivity index (χ3n) is 8.09. The number of benzene rings is 7. The number of nitrogen functional groups attached to an aromatic ring is 2. The van der Waals surface area contributed by atoms with Crippen molar-refractivity contribution in [1.29, 1.82) is 0 Å². The van der Waals surface area contributed by atoms with Crippen LogP contribution in [-0.4, -0.2) is 25.9 Å². The van der Waals surface area contributed by atoms with E-state index < -0.39 is 52.3 Å². The Labute approximate surface area is 236 Å². The lowest BCUT2D eigenvalue weighted by Crippen LogP contribution is -2.14. The molecule has 0 unspecified atom stereocenters. The van der Waals surface area contributed by atoms with Crippen LogP contribution in [0, 0.1) is 13.8 Å². The van der Waals surface area contributed by atoms with Crippen LogP contribution >= 0.6 is 0 Å². The van der Waals surface area contributed by atoms with Crippen molar-refractivity contribution in [3.63, 3.8) is 0 Å². The van der Waals surface area contributed by atoms with E-state index in [0.29, 0.717) is 21.5 Å². The number of rotatable bonds is 2. The molecule has 42 heavy (non-hydrogen) atoms. The lowest BCUT2D eigenvalue weighted by molar-refractivity contribution is 0.481. The number of anilines is 2. The maximum absolute atomic E-state index is 14.0. The average molecular weight is 601 g/mol. The third kappa shape index (κ3) is 3.25. The van der Waals surface area contributed by atoms with Gasteiger partial charge in [0.2, 0.25) is 0 Å². The van der Waals surface area contributed by atoms with Crippen LogP contribution in [0.1, 0.15) is 11.1 Å². The zero-order valence-electron chi connectivity index (χ0n) is 21.9. The molecule has 0 aliphatic carbocycles. The van der Waals surface area contributed by atoms with Crippen LogP contribution < -0.4 is 22.3 Å². The van der Waals surface area contributed by atoms with Gasteiger partial charge in [-0.05, 0) is 70.4 Å². The highest BCUT2D eigenvalue weighted by Gasteiger charge is 2.29. The molecule has 210 valence electrons. The van der Waals surface area contributed by atoms with E-state index in [-0.39, 0.29) is 43.1 Å². The van der Waals surface area contributed by atoms with E-state index in [1.165, 1.54) is 0 Å². The van der Waals surface area contributed by atoms with Crippen molar-refractivity contribution in [1.82, 2.24) is 0 Å². The summed E-state index contributed by atoms with van der Waals surface area (Å²) in [6.07, 6.45) is 0. The van der Waals surface area contributed by atoms with Crippen molar-refractivity contribution in [3.05, 3.63) is 80.1 Å². The Hall–Kier alpha value is -4.62. The zero-order valence-corrected chi connectivity index (χ0v) is 23.6. The minimum absolute atomic E-state index is 0.0228. The first-order valence-electron chi connectivity index (χ1n) is 12.6. The second kappa shape index (κ2) is 8.01. The molecule has 0 aliphatic heterocycles. The molecule has 7 rings (SSSR count). The van der Waals surface area contributed by atoms with Gasteiger partial charge in [0.15, 0.2) is 10.9 Å². The molecule has 6 N–H and O–H groups in total. The molecular formula is C30H20N2O8S2. The van der Waals surface area contributed by atoms with Gasteiger partial charge in [0.05, 0.1) is 22.1 Å². The molecule has 0 saturated carbocycles. The Bertz CT molecular complexity index is 2570. The third-order valence-corrected chi connectivity index (χ3v) is 9.87. The summed E-state index contributed by atoms with van der Waals surface area (Å²) >= 11 is 0. The van der Waals surface area contributed by atoms with Gasteiger partial charge in [-0.15, -0.1) is 0 Å². The highest BCUT2D eigenvalue weighted by Crippen LogP contribution is 2.48. The summed E-state index contributed by atoms with van der Waals surface area (Å²) in [6.45, 7) is 3.57. The minimum Gasteiger partial charge on any atom is -0.397 e. The molecule has 0 bridgehead atoms. The topological polar surface area (TPSA) is 195 Å². The molecule has 0 amide bonds. The zero-order chi connectivity index (χ0) is 30.2. The smallest absolute Gasteiger partial charge is 0.296 e. The van der Waals surface area contributed by atoms with E-state index >= 15 is 0 Å². The Morgan fingerprint density at radius 1 is 0.500 bits per heavy atom. The quantitative estimate of drug-likeness (QED) is 0.0951. The van der Waals surface area contributed by atoms with Crippen molar-refractivity contribution in [2.24, 2.45) is 0 Å². The maximum atomic E-state index is 14.0. The first kappa shape index (κ1) is 26.3. The van der Waals surface area contributed by atoms with Crippen LogP contribution in [0.15, 0.2) is 67.9 Å². The summed E-state index contributed by atoms with van der Waals surface area (Å²) in [7, 11) is -9.97. The molecule has 0 fully saturated rings. The van der Waals surface area contributed by atoms with E-state index in [4.69, 9.17) is 11.5 Å². The first-order valence-corrected chi connectivity index (χ1v) is 15.4. The van der Waals surface area contributed by atoms with Crippen molar-refractivity contribution >= 4 is 96.2 Å². The average Bonchev–Trinajstić information content (AvgIpc) is 2.89. The summed E-state index contributed by atoms with van der Waals surface area (Å²) in [5.41, 5.74) is 12.0. The van der Waals surface area contributed by atoms with Gasteiger partial charge in [-0.25, -0.2) is 0 Å². The standard InChI is InChI=1S/C30H20N2O8S2/c1-11-3-5-13-17(7-11)29(33)25-23-15(9-19(27(25)31)41(35,36)37)16-10-20(42(38,39)40)28(32)26-24(16)22(21(13)23)14-6-4-12(2)8-18(14)30(26)34/h3-10H,31-32H2,1-2H3,(H,35,36,37)(H,38,39,40). The lowest BCUT2D eigenvalue weighted by Gasteiger charge is -2.21. The minimum atomic E-state index is -4.98. The van der Waals surface area contributed by atoms with Crippen LogP contribution in [0.5, 0.6) is 0 Å². The number of fused-ring (bicyclic) bond motifs is 6. The first-order chi connectivity index (χ1) is 19.6. The van der Waals surface area contributed by atoms with E-state index in [0.717, 1.165) is 23.3 Å². The van der Waals surface area contributed by atoms with Crippen LogP contribution in [0.4, 0.5) is 11.4 Å². The molecule has 12 heteroatoms. The molecule has 0 saturated heterocycles. The number of hydrogen-bond donors (Lipinski definition) is 4. The van der Waals surface area contributed by atoms with Crippen molar-refractivity contribution in [3.8, 4) is 0 Å². The second-order valence-corrected chi connectivity index (χ2v) is 13.4. The molecule has 0 spiro atoms. The van der Waals surface area contributed by atoms with Crippen molar-refractivity contribution in [2.75, 3.05) is 11.5 Å². The Balaban J connectivity index is 2.05. The molecule has 0 aliphatic rings. The Morgan fingerprint density at radius 2 is 0.833 bits per heavy atom. The monoisotopic (exact) mass is 600 g/mol. The molecule has 7 aromatic carbocycles. The number of nitrogens with two attached hydrogens (primary N) is 2. The van der Waals surface area contributed by atoms with Crippen LogP contribution in [0.2, 0.25) is 0 Å². The summed E-state index contributed by atoms with van der Waals surface area (Å²) in [4.78, 5) is 26.5. The molecule has 0 radical (unpaired) electrons. The number of hydrogen-bond acceptors (Lipinski definition) is 8. The van der Waals surface area contributed by atoms with E-state index in [1.807, 2.05) is 0 Å². The second-order valence-electron chi connectivity index (χ2n) is 10.6. The summed E-state index contributed by atoms with van der Waals surface area (Å²) in [6, 6.07) is 12.5. The van der Waals surface area contributed by atoms with Gasteiger partial charge in [-0.1, -0.05) is 35.4 Å². The van der Waals surface area contributed by atoms with Gasteiger partial charge in [0, 0.05) is 21.5 Å². The predicted molar refractivity (Wildman–Crippen MR) is 164 cm³/mol. The fourth-order valence-corrected chi connectivity index (χ4v) is 7.67. The molecule has 10 nitrogen and oxygen atoms in total. The van der Waals surface area contributed by atoms with Crippen molar-refractivity contribution in [2.45, 2.75) is 23.6 Å². The van der Waals surface area contributed by atoms with E-state index in [2.05, 4.69) is 0 Å². The lowest BCUT2D eigenvalue weighted by atomic mass is 9.83. The Morgan fingerprint density at radius 3 is 1.17 bits per heavy atom. The largest absolute Gasteiger partial charge is 0.397 e. The number of aryl methyl sites for hydroxylation is 2. The fourth-order valence-electron chi connectivity index (χ4n) is 6.38. The van der Waals surface area contributed by atoms with E-state index in [9.17, 15) is 35.5 Å². The molecule has 0 atom stereocenters. The predicted octanol–water partition coefficient (Wildman–Crippen LogP) is 4.48. The van der Waals surface area contributed by atoms with Crippen LogP contribution in [-0.2, 0) is 20.2 Å². The molecule has 0 aromatic heterocycles. The van der Waals surface area contributed by atoms with Gasteiger partial charge in [0.25, 0.3) is 20.2 Å². The summed E-state index contributed by atoms with van der Waals surface area (Å²) < 4.78 is 70.2. The van der Waals surface area contributed by atoms with Crippen molar-refractivity contribution < 1.29 is 25.9 Å². The SMILES string of the molecule is Cc1ccc2c(c1)c(=O)c1c(N)c(S(=O)(=O)O)cc3c4cc(S(=O)(=O)O)c(N)c5c(=O)c6cc(C)ccc6c(c54)c2c13. The van der Waals surface area contributed by atoms with E-state index in [1.54, 1.807) is 50.2 Å².